The lowest BCUT2D eigenvalue weighted by Gasteiger charge is -2.00. The minimum atomic E-state index is -0.439. The Labute approximate surface area is 119 Å². The van der Waals surface area contributed by atoms with Gasteiger partial charge in [-0.1, -0.05) is 12.1 Å². The summed E-state index contributed by atoms with van der Waals surface area (Å²) in [6, 6.07) is 6.25. The summed E-state index contributed by atoms with van der Waals surface area (Å²) in [5.74, 6) is 0.456. The summed E-state index contributed by atoms with van der Waals surface area (Å²) in [6.45, 7) is 1.21. The molecular formula is C12H11N7O2. The number of nitro groups is 1. The van der Waals surface area contributed by atoms with E-state index in [0.29, 0.717) is 24.5 Å². The molecule has 0 N–H and O–H groups in total. The number of nitro benzene ring substituents is 1. The van der Waals surface area contributed by atoms with E-state index in [1.54, 1.807) is 34.2 Å². The molecular weight excluding hydrogens is 274 g/mol. The molecule has 0 aliphatic rings. The highest BCUT2D eigenvalue weighted by molar-refractivity contribution is 5.58. The van der Waals surface area contributed by atoms with Crippen molar-refractivity contribution in [3.05, 3.63) is 53.4 Å². The first kappa shape index (κ1) is 12.9. The normalized spacial score (nSPS) is 10.7. The van der Waals surface area contributed by atoms with Gasteiger partial charge >= 0.3 is 0 Å². The van der Waals surface area contributed by atoms with Gasteiger partial charge in [0.1, 0.15) is 19.0 Å². The molecule has 0 saturated carbocycles. The van der Waals surface area contributed by atoms with E-state index in [0.717, 1.165) is 0 Å². The first-order chi connectivity index (χ1) is 10.2. The van der Waals surface area contributed by atoms with Crippen LogP contribution in [0.2, 0.25) is 0 Å². The maximum Gasteiger partial charge on any atom is 0.270 e. The van der Waals surface area contributed by atoms with Gasteiger partial charge in [0.2, 0.25) is 0 Å². The van der Waals surface area contributed by atoms with E-state index in [9.17, 15) is 10.1 Å². The third-order valence-electron chi connectivity index (χ3n) is 2.88. The Morgan fingerprint density at radius 1 is 1.19 bits per heavy atom. The van der Waals surface area contributed by atoms with Crippen LogP contribution in [-0.2, 0) is 13.1 Å². The molecule has 0 unspecified atom stereocenters. The highest BCUT2D eigenvalue weighted by Crippen LogP contribution is 2.20. The molecule has 3 rings (SSSR count). The molecule has 0 atom stereocenters. The fourth-order valence-electron chi connectivity index (χ4n) is 1.85. The molecule has 0 spiro atoms. The standard InChI is InChI=1S/C12H11N7O2/c20-19(21)11-3-1-2-10(6-11)12-14-9-18(16-12)5-4-17-8-13-7-15-17/h1-3,6-9H,4-5H2. The lowest BCUT2D eigenvalue weighted by molar-refractivity contribution is -0.384. The Balaban J connectivity index is 1.75. The summed E-state index contributed by atoms with van der Waals surface area (Å²) < 4.78 is 3.35. The van der Waals surface area contributed by atoms with Crippen molar-refractivity contribution >= 4 is 5.69 Å². The van der Waals surface area contributed by atoms with Crippen LogP contribution < -0.4 is 0 Å². The molecule has 1 aromatic carbocycles. The van der Waals surface area contributed by atoms with Crippen LogP contribution >= 0.6 is 0 Å². The second kappa shape index (κ2) is 5.49. The molecule has 0 radical (unpaired) electrons. The van der Waals surface area contributed by atoms with Crippen molar-refractivity contribution in [3.63, 3.8) is 0 Å². The smallest absolute Gasteiger partial charge is 0.258 e. The topological polar surface area (TPSA) is 105 Å². The number of non-ortho nitro benzene ring substituents is 1. The zero-order valence-corrected chi connectivity index (χ0v) is 10.9. The maximum atomic E-state index is 10.8. The largest absolute Gasteiger partial charge is 0.270 e. The third kappa shape index (κ3) is 2.91. The highest BCUT2D eigenvalue weighted by atomic mass is 16.6. The van der Waals surface area contributed by atoms with Gasteiger partial charge in [0.05, 0.1) is 18.0 Å². The maximum absolute atomic E-state index is 10.8. The molecule has 0 saturated heterocycles. The van der Waals surface area contributed by atoms with Gasteiger partial charge in [-0.05, 0) is 0 Å². The van der Waals surface area contributed by atoms with E-state index in [-0.39, 0.29) is 5.69 Å². The highest BCUT2D eigenvalue weighted by Gasteiger charge is 2.10. The summed E-state index contributed by atoms with van der Waals surface area (Å²) in [7, 11) is 0. The van der Waals surface area contributed by atoms with Crippen LogP contribution in [0.25, 0.3) is 11.4 Å². The number of aryl methyl sites for hydroxylation is 2. The zero-order valence-electron chi connectivity index (χ0n) is 10.9. The Bertz CT molecular complexity index is 751. The number of rotatable bonds is 5. The number of benzene rings is 1. The average Bonchev–Trinajstić information content (AvgIpc) is 3.17. The van der Waals surface area contributed by atoms with E-state index < -0.39 is 4.92 Å². The summed E-state index contributed by atoms with van der Waals surface area (Å²) in [4.78, 5) is 18.4. The van der Waals surface area contributed by atoms with Crippen molar-refractivity contribution in [1.82, 2.24) is 29.5 Å². The second-order valence-electron chi connectivity index (χ2n) is 4.30. The van der Waals surface area contributed by atoms with Crippen LogP contribution in [-0.4, -0.2) is 34.5 Å². The van der Waals surface area contributed by atoms with Crippen LogP contribution in [0.3, 0.4) is 0 Å². The van der Waals surface area contributed by atoms with Gasteiger partial charge in [0.25, 0.3) is 5.69 Å². The van der Waals surface area contributed by atoms with Crippen molar-refractivity contribution < 1.29 is 4.92 Å². The van der Waals surface area contributed by atoms with Crippen molar-refractivity contribution in [2.75, 3.05) is 0 Å². The Hall–Kier alpha value is -3.10. The molecule has 0 fully saturated rings. The monoisotopic (exact) mass is 285 g/mol. The third-order valence-corrected chi connectivity index (χ3v) is 2.88. The lowest BCUT2D eigenvalue weighted by atomic mass is 10.2. The van der Waals surface area contributed by atoms with Gasteiger partial charge < -0.3 is 0 Å². The second-order valence-corrected chi connectivity index (χ2v) is 4.30. The van der Waals surface area contributed by atoms with Gasteiger partial charge in [0, 0.05) is 17.7 Å². The molecule has 0 bridgehead atoms. The summed E-state index contributed by atoms with van der Waals surface area (Å²) >= 11 is 0. The number of aromatic nitrogens is 6. The van der Waals surface area contributed by atoms with Crippen molar-refractivity contribution in [1.29, 1.82) is 0 Å². The van der Waals surface area contributed by atoms with Gasteiger partial charge in [0.15, 0.2) is 5.82 Å². The van der Waals surface area contributed by atoms with E-state index >= 15 is 0 Å². The van der Waals surface area contributed by atoms with Gasteiger partial charge in [-0.15, -0.1) is 0 Å². The van der Waals surface area contributed by atoms with Gasteiger partial charge in [-0.2, -0.15) is 10.2 Å². The van der Waals surface area contributed by atoms with E-state index in [1.165, 1.54) is 18.5 Å². The van der Waals surface area contributed by atoms with Crippen LogP contribution in [0.5, 0.6) is 0 Å². The molecule has 2 aromatic heterocycles. The molecule has 9 nitrogen and oxygen atoms in total. The van der Waals surface area contributed by atoms with Crippen LogP contribution in [0.4, 0.5) is 5.69 Å². The van der Waals surface area contributed by atoms with E-state index in [1.807, 2.05) is 0 Å². The molecule has 0 aliphatic heterocycles. The Morgan fingerprint density at radius 3 is 2.81 bits per heavy atom. The number of hydrogen-bond donors (Lipinski definition) is 0. The minimum Gasteiger partial charge on any atom is -0.258 e. The number of hydrogen-bond acceptors (Lipinski definition) is 6. The number of nitrogens with zero attached hydrogens (tertiary/aromatic N) is 7. The molecule has 3 aromatic rings. The zero-order chi connectivity index (χ0) is 14.7. The molecule has 0 aliphatic carbocycles. The Kier molecular flexibility index (Phi) is 3.37. The van der Waals surface area contributed by atoms with Gasteiger partial charge in [-0.25, -0.2) is 9.97 Å². The van der Waals surface area contributed by atoms with Crippen molar-refractivity contribution in [2.45, 2.75) is 13.1 Å². The SMILES string of the molecule is O=[N+]([O-])c1cccc(-c2ncn(CCn3cncn3)n2)c1. The summed E-state index contributed by atoms with van der Waals surface area (Å²) in [5, 5.41) is 19.1. The Morgan fingerprint density at radius 2 is 2.05 bits per heavy atom. The fourth-order valence-corrected chi connectivity index (χ4v) is 1.85. The predicted octanol–water partition coefficient (Wildman–Crippen LogP) is 1.14. The fraction of sp³-hybridized carbons (Fsp3) is 0.167. The quantitative estimate of drug-likeness (QED) is 0.514. The van der Waals surface area contributed by atoms with Crippen LogP contribution in [0.15, 0.2) is 43.2 Å². The molecule has 106 valence electrons. The molecule has 9 heteroatoms. The predicted molar refractivity (Wildman–Crippen MR) is 72.1 cm³/mol. The minimum absolute atomic E-state index is 0.0199. The average molecular weight is 285 g/mol. The molecule has 2 heterocycles. The van der Waals surface area contributed by atoms with E-state index in [2.05, 4.69) is 20.2 Å². The first-order valence-electron chi connectivity index (χ1n) is 6.19. The summed E-state index contributed by atoms with van der Waals surface area (Å²) in [6.07, 6.45) is 4.68. The van der Waals surface area contributed by atoms with Crippen molar-refractivity contribution in [2.24, 2.45) is 0 Å². The summed E-state index contributed by atoms with van der Waals surface area (Å²) in [5.41, 5.74) is 0.634. The van der Waals surface area contributed by atoms with Crippen LogP contribution in [0, 0.1) is 10.1 Å². The molecule has 0 amide bonds. The lowest BCUT2D eigenvalue weighted by Crippen LogP contribution is -2.08. The molecule has 21 heavy (non-hydrogen) atoms. The van der Waals surface area contributed by atoms with Crippen molar-refractivity contribution in [3.8, 4) is 11.4 Å². The van der Waals surface area contributed by atoms with Gasteiger partial charge in [-0.3, -0.25) is 19.5 Å². The first-order valence-corrected chi connectivity index (χ1v) is 6.19. The van der Waals surface area contributed by atoms with Crippen LogP contribution in [0.1, 0.15) is 0 Å². The van der Waals surface area contributed by atoms with E-state index in [4.69, 9.17) is 0 Å².